The highest BCUT2D eigenvalue weighted by Gasteiger charge is 1.96. The van der Waals surface area contributed by atoms with Crippen LogP contribution in [-0.2, 0) is 10.4 Å². The zero-order valence-electron chi connectivity index (χ0n) is 12.0. The molecule has 0 fully saturated rings. The van der Waals surface area contributed by atoms with Gasteiger partial charge in [-0.2, -0.15) is 21.0 Å². The summed E-state index contributed by atoms with van der Waals surface area (Å²) in [5.74, 6) is 1.59. The van der Waals surface area contributed by atoms with Crippen LogP contribution in [-0.4, -0.2) is 48.0 Å². The highest BCUT2D eigenvalue weighted by atomic mass is 79.9. The molecular weight excluding hydrogens is 396 g/mol. The van der Waals surface area contributed by atoms with Gasteiger partial charge in [0.05, 0.1) is 6.61 Å². The summed E-state index contributed by atoms with van der Waals surface area (Å²) in [5.41, 5.74) is 0. The molecule has 0 saturated carbocycles. The fourth-order valence-electron chi connectivity index (χ4n) is 1.38. The van der Waals surface area contributed by atoms with Crippen molar-refractivity contribution in [2.45, 2.75) is 19.3 Å². The quantitative estimate of drug-likeness (QED) is 0.211. The van der Waals surface area contributed by atoms with Crippen molar-refractivity contribution >= 4 is 39.0 Å². The Morgan fingerprint density at radius 1 is 1.23 bits per heavy atom. The number of unbranched alkanes of at least 4 members (excludes halogenated alkanes) is 2. The van der Waals surface area contributed by atoms with Gasteiger partial charge in [-0.1, -0.05) is 6.07 Å². The number of hydrogen-bond donors (Lipinski definition) is 4. The number of nitrogens with one attached hydrogen (secondary N) is 1. The molecule has 22 heavy (non-hydrogen) atoms. The second kappa shape index (κ2) is 13.1. The third-order valence-electron chi connectivity index (χ3n) is 2.23. The van der Waals surface area contributed by atoms with Crippen molar-refractivity contribution in [3.05, 3.63) is 22.8 Å². The number of aromatic nitrogens is 1. The van der Waals surface area contributed by atoms with Crippen molar-refractivity contribution in [1.29, 1.82) is 0 Å². The highest BCUT2D eigenvalue weighted by molar-refractivity contribution is 9.10. The summed E-state index contributed by atoms with van der Waals surface area (Å²) in [6.45, 7) is 2.79. The molecule has 0 amide bonds. The van der Waals surface area contributed by atoms with Crippen molar-refractivity contribution in [3.8, 4) is 5.88 Å². The zero-order chi connectivity index (χ0) is 16.8. The molecule has 0 spiro atoms. The molecule has 1 heterocycles. The van der Waals surface area contributed by atoms with Gasteiger partial charge in [-0.15, -0.1) is 0 Å². The van der Waals surface area contributed by atoms with Crippen molar-refractivity contribution in [1.82, 2.24) is 10.3 Å². The maximum atomic E-state index is 8.74. The van der Waals surface area contributed by atoms with Crippen molar-refractivity contribution in [2.75, 3.05) is 25.4 Å². The third-order valence-corrected chi connectivity index (χ3v) is 2.89. The first-order valence-corrected chi connectivity index (χ1v) is 9.42. The molecule has 0 aliphatic rings. The Balaban J connectivity index is 0.000000763. The number of ether oxygens (including phenoxy) is 1. The van der Waals surface area contributed by atoms with Gasteiger partial charge in [0, 0.05) is 18.4 Å². The Morgan fingerprint density at radius 3 is 2.50 bits per heavy atom. The van der Waals surface area contributed by atoms with Crippen LogP contribution in [0.2, 0.25) is 0 Å². The molecule has 1 aromatic heterocycles. The number of rotatable bonds is 9. The molecule has 1 aromatic rings. The molecule has 0 bridgehead atoms. The predicted octanol–water partition coefficient (Wildman–Crippen LogP) is 2.26. The molecule has 0 aliphatic heterocycles. The minimum absolute atomic E-state index is 0.688. The summed E-state index contributed by atoms with van der Waals surface area (Å²) in [5, 5.41) is 3.32. The molecule has 0 unspecified atom stereocenters. The first-order chi connectivity index (χ1) is 10.3. The van der Waals surface area contributed by atoms with Crippen LogP contribution in [0.15, 0.2) is 22.8 Å². The second-order valence-corrected chi connectivity index (χ2v) is 6.28. The van der Waals surface area contributed by atoms with Gasteiger partial charge >= 0.3 is 10.4 Å². The zero-order valence-corrected chi connectivity index (χ0v) is 15.3. The van der Waals surface area contributed by atoms with Crippen LogP contribution in [0.3, 0.4) is 0 Å². The van der Waals surface area contributed by atoms with Crippen molar-refractivity contribution < 1.29 is 22.3 Å². The fraction of sp³-hybridized carbons (Fsp3) is 0.583. The lowest BCUT2D eigenvalue weighted by atomic mass is 10.2. The van der Waals surface area contributed by atoms with E-state index in [4.69, 9.17) is 22.3 Å². The summed E-state index contributed by atoms with van der Waals surface area (Å²) >= 11 is 7.45. The molecule has 1 rings (SSSR count). The molecule has 3 N–H and O–H groups in total. The molecule has 128 valence electrons. The van der Waals surface area contributed by atoms with E-state index in [0.29, 0.717) is 5.88 Å². The van der Waals surface area contributed by atoms with Crippen LogP contribution in [0.4, 0.5) is 0 Å². The van der Waals surface area contributed by atoms with Crippen LogP contribution in [0, 0.1) is 0 Å². The number of thiol groups is 1. The summed E-state index contributed by atoms with van der Waals surface area (Å²) in [7, 11) is -4.67. The van der Waals surface area contributed by atoms with E-state index in [0.717, 1.165) is 36.5 Å². The van der Waals surface area contributed by atoms with Crippen LogP contribution >= 0.6 is 28.6 Å². The molecule has 0 saturated heterocycles. The largest absolute Gasteiger partial charge is 0.478 e. The number of hydrogen-bond acceptors (Lipinski definition) is 6. The normalized spacial score (nSPS) is 10.7. The fourth-order valence-corrected chi connectivity index (χ4v) is 1.87. The van der Waals surface area contributed by atoms with Crippen LogP contribution in [0.1, 0.15) is 19.3 Å². The van der Waals surface area contributed by atoms with Gasteiger partial charge in [-0.05, 0) is 47.8 Å². The monoisotopic (exact) mass is 416 g/mol. The van der Waals surface area contributed by atoms with Gasteiger partial charge in [-0.3, -0.25) is 9.11 Å². The third kappa shape index (κ3) is 17.7. The predicted molar refractivity (Wildman–Crippen MR) is 92.2 cm³/mol. The smallest absolute Gasteiger partial charge is 0.394 e. The lowest BCUT2D eigenvalue weighted by Crippen LogP contribution is -2.17. The van der Waals surface area contributed by atoms with E-state index < -0.39 is 10.4 Å². The number of pyridine rings is 1. The standard InChI is InChI=1S/C12H19BrN2OS.H2O4S/c13-11-5-4-6-12(15-11)16-9-3-1-2-7-14-8-10-17;1-5(2,3)4/h4-6,14,17H,1-3,7-10H2;(H2,1,2,3,4). The van der Waals surface area contributed by atoms with Crippen molar-refractivity contribution in [3.63, 3.8) is 0 Å². The average Bonchev–Trinajstić information content (AvgIpc) is 2.40. The maximum Gasteiger partial charge on any atom is 0.394 e. The Labute approximate surface area is 145 Å². The SMILES string of the molecule is O=S(=O)(O)O.SCCNCCCCCOc1cccc(Br)n1. The van der Waals surface area contributed by atoms with Gasteiger partial charge < -0.3 is 10.1 Å². The van der Waals surface area contributed by atoms with Gasteiger partial charge in [0.2, 0.25) is 5.88 Å². The van der Waals surface area contributed by atoms with Crippen molar-refractivity contribution in [2.24, 2.45) is 0 Å². The van der Waals surface area contributed by atoms with E-state index in [1.165, 1.54) is 12.8 Å². The maximum absolute atomic E-state index is 8.74. The summed E-state index contributed by atoms with van der Waals surface area (Å²) in [6, 6.07) is 5.69. The summed E-state index contributed by atoms with van der Waals surface area (Å²) in [6.07, 6.45) is 3.42. The number of nitrogens with zero attached hydrogens (tertiary/aromatic N) is 1. The average molecular weight is 417 g/mol. The van der Waals surface area contributed by atoms with Gasteiger partial charge in [0.1, 0.15) is 4.60 Å². The van der Waals surface area contributed by atoms with E-state index in [-0.39, 0.29) is 0 Å². The minimum Gasteiger partial charge on any atom is -0.478 e. The molecule has 10 heteroatoms. The summed E-state index contributed by atoms with van der Waals surface area (Å²) < 4.78 is 37.9. The number of halogens is 1. The van der Waals surface area contributed by atoms with E-state index in [1.54, 1.807) is 0 Å². The lowest BCUT2D eigenvalue weighted by molar-refractivity contribution is 0.293. The molecule has 0 radical (unpaired) electrons. The van der Waals surface area contributed by atoms with Gasteiger partial charge in [0.15, 0.2) is 0 Å². The lowest BCUT2D eigenvalue weighted by Gasteiger charge is -2.05. The van der Waals surface area contributed by atoms with E-state index in [2.05, 4.69) is 38.9 Å². The van der Waals surface area contributed by atoms with Crippen LogP contribution < -0.4 is 10.1 Å². The molecule has 7 nitrogen and oxygen atoms in total. The Hall–Kier alpha value is -0.390. The Morgan fingerprint density at radius 2 is 1.91 bits per heavy atom. The van der Waals surface area contributed by atoms with Gasteiger partial charge in [0.25, 0.3) is 0 Å². The molecule has 0 aliphatic carbocycles. The molecule has 0 atom stereocenters. The van der Waals surface area contributed by atoms with E-state index in [9.17, 15) is 0 Å². The summed E-state index contributed by atoms with van der Waals surface area (Å²) in [4.78, 5) is 4.21. The molecular formula is C12H21BrN2O5S2. The topological polar surface area (TPSA) is 109 Å². The van der Waals surface area contributed by atoms with Crippen LogP contribution in [0.5, 0.6) is 5.88 Å². The Kier molecular flexibility index (Phi) is 12.9. The second-order valence-electron chi connectivity index (χ2n) is 4.13. The van der Waals surface area contributed by atoms with Crippen LogP contribution in [0.25, 0.3) is 0 Å². The minimum atomic E-state index is -4.67. The first kappa shape index (κ1) is 21.6. The van der Waals surface area contributed by atoms with Gasteiger partial charge in [-0.25, -0.2) is 4.98 Å². The first-order valence-electron chi connectivity index (χ1n) is 6.59. The Bertz CT molecular complexity index is 494. The molecule has 0 aromatic carbocycles. The van der Waals surface area contributed by atoms with E-state index >= 15 is 0 Å². The van der Waals surface area contributed by atoms with E-state index in [1.807, 2.05) is 18.2 Å². The highest BCUT2D eigenvalue weighted by Crippen LogP contribution is 2.12.